The quantitative estimate of drug-likeness (QED) is 0.205. The molecule has 11 nitrogen and oxygen atoms in total. The normalized spacial score (nSPS) is 16.2. The van der Waals surface area contributed by atoms with Crippen LogP contribution in [-0.4, -0.2) is 46.5 Å². The van der Waals surface area contributed by atoms with Crippen molar-refractivity contribution in [1.82, 2.24) is 14.8 Å². The summed E-state index contributed by atoms with van der Waals surface area (Å²) in [6, 6.07) is 13.1. The molecule has 2 heterocycles. The van der Waals surface area contributed by atoms with Crippen LogP contribution in [0.15, 0.2) is 86.4 Å². The highest BCUT2D eigenvalue weighted by atomic mass is 32.2. The SMILES string of the molecule is CCCS(=O)(=O)O.Cc1[nH]n(-c2ccc(S(=O)(=O)O)cc2)c(=O)c1C1=C/C(=C/C=C/c2nc3ccccc3o2)CC(C)(C)C1. The maximum atomic E-state index is 13.4. The molecule has 5 rings (SSSR count). The van der Waals surface area contributed by atoms with Crippen molar-refractivity contribution in [2.45, 2.75) is 51.9 Å². The van der Waals surface area contributed by atoms with Crippen LogP contribution in [0.1, 0.15) is 57.2 Å². The number of allylic oxidation sites excluding steroid dienone is 5. The van der Waals surface area contributed by atoms with Gasteiger partial charge in [0.2, 0.25) is 5.89 Å². The van der Waals surface area contributed by atoms with E-state index in [-0.39, 0.29) is 21.6 Å². The molecule has 0 atom stereocenters. The zero-order valence-electron chi connectivity index (χ0n) is 24.8. The number of hydrogen-bond acceptors (Lipinski definition) is 7. The Morgan fingerprint density at radius 3 is 2.32 bits per heavy atom. The van der Waals surface area contributed by atoms with Gasteiger partial charge in [0.15, 0.2) is 5.58 Å². The van der Waals surface area contributed by atoms with Gasteiger partial charge in [0.1, 0.15) is 5.52 Å². The fourth-order valence-electron chi connectivity index (χ4n) is 5.07. The first-order valence-electron chi connectivity index (χ1n) is 13.8. The highest BCUT2D eigenvalue weighted by Gasteiger charge is 2.29. The Hall–Kier alpha value is -4.04. The van der Waals surface area contributed by atoms with Crippen molar-refractivity contribution in [3.05, 3.63) is 99.8 Å². The summed E-state index contributed by atoms with van der Waals surface area (Å²) < 4.78 is 66.6. The van der Waals surface area contributed by atoms with Crippen molar-refractivity contribution in [2.24, 2.45) is 5.41 Å². The number of nitrogens with one attached hydrogen (secondary N) is 1. The maximum absolute atomic E-state index is 13.4. The van der Waals surface area contributed by atoms with Crippen molar-refractivity contribution in [3.63, 3.8) is 0 Å². The number of rotatable bonds is 7. The van der Waals surface area contributed by atoms with Crippen molar-refractivity contribution in [2.75, 3.05) is 5.75 Å². The molecule has 44 heavy (non-hydrogen) atoms. The number of benzene rings is 2. The molecule has 1 aliphatic carbocycles. The minimum absolute atomic E-state index is 0.0561. The molecule has 2 aromatic carbocycles. The molecule has 0 radical (unpaired) electrons. The first-order valence-corrected chi connectivity index (χ1v) is 16.9. The summed E-state index contributed by atoms with van der Waals surface area (Å²) in [6.07, 6.45) is 9.87. The third-order valence-electron chi connectivity index (χ3n) is 6.82. The van der Waals surface area contributed by atoms with Gasteiger partial charge in [-0.1, -0.05) is 51.1 Å². The van der Waals surface area contributed by atoms with Crippen molar-refractivity contribution >= 4 is 43.0 Å². The molecule has 0 aliphatic heterocycles. The molecule has 0 saturated heterocycles. The van der Waals surface area contributed by atoms with Crippen LogP contribution >= 0.6 is 0 Å². The molecular weight excluding hydrogens is 606 g/mol. The van der Waals surface area contributed by atoms with E-state index in [2.05, 4.69) is 30.0 Å². The Bertz CT molecular complexity index is 1990. The summed E-state index contributed by atoms with van der Waals surface area (Å²) in [7, 11) is -7.99. The van der Waals surface area contributed by atoms with Gasteiger partial charge >= 0.3 is 0 Å². The van der Waals surface area contributed by atoms with E-state index in [1.165, 1.54) is 28.9 Å². The molecule has 2 aromatic heterocycles. The second-order valence-electron chi connectivity index (χ2n) is 11.3. The number of oxazole rings is 1. The summed E-state index contributed by atoms with van der Waals surface area (Å²) in [6.45, 7) is 7.88. The monoisotopic (exact) mass is 641 g/mol. The first kappa shape index (κ1) is 32.9. The average Bonchev–Trinajstić information content (AvgIpc) is 3.46. The van der Waals surface area contributed by atoms with Crippen LogP contribution in [0.3, 0.4) is 0 Å². The largest absolute Gasteiger partial charge is 0.437 e. The van der Waals surface area contributed by atoms with Crippen LogP contribution in [0.2, 0.25) is 0 Å². The van der Waals surface area contributed by atoms with Crippen molar-refractivity contribution in [1.29, 1.82) is 0 Å². The molecule has 234 valence electrons. The van der Waals surface area contributed by atoms with Crippen LogP contribution in [0.4, 0.5) is 0 Å². The average molecular weight is 642 g/mol. The number of para-hydroxylation sites is 2. The summed E-state index contributed by atoms with van der Waals surface area (Å²) in [4.78, 5) is 17.7. The first-order chi connectivity index (χ1) is 20.6. The van der Waals surface area contributed by atoms with E-state index in [1.54, 1.807) is 6.92 Å². The lowest BCUT2D eigenvalue weighted by atomic mass is 9.73. The number of fused-ring (bicyclic) bond motifs is 1. The predicted molar refractivity (Wildman–Crippen MR) is 170 cm³/mol. The smallest absolute Gasteiger partial charge is 0.294 e. The van der Waals surface area contributed by atoms with Gasteiger partial charge in [-0.2, -0.15) is 16.8 Å². The maximum Gasteiger partial charge on any atom is 0.294 e. The highest BCUT2D eigenvalue weighted by Crippen LogP contribution is 2.41. The van der Waals surface area contributed by atoms with Crippen LogP contribution < -0.4 is 5.56 Å². The molecule has 0 unspecified atom stereocenters. The molecule has 0 fully saturated rings. The van der Waals surface area contributed by atoms with E-state index >= 15 is 0 Å². The molecule has 0 amide bonds. The summed E-state index contributed by atoms with van der Waals surface area (Å²) in [5, 5.41) is 3.10. The molecule has 0 saturated carbocycles. The van der Waals surface area contributed by atoms with Crippen LogP contribution in [0, 0.1) is 12.3 Å². The molecule has 0 spiro atoms. The van der Waals surface area contributed by atoms with Gasteiger partial charge in [0.25, 0.3) is 25.8 Å². The molecule has 4 aromatic rings. The van der Waals surface area contributed by atoms with Crippen LogP contribution in [0.5, 0.6) is 0 Å². The lowest BCUT2D eigenvalue weighted by Crippen LogP contribution is -2.21. The van der Waals surface area contributed by atoms with Crippen LogP contribution in [0.25, 0.3) is 28.4 Å². The Morgan fingerprint density at radius 1 is 1.05 bits per heavy atom. The van der Waals surface area contributed by atoms with Crippen molar-refractivity contribution in [3.8, 4) is 5.69 Å². The zero-order valence-corrected chi connectivity index (χ0v) is 26.4. The summed E-state index contributed by atoms with van der Waals surface area (Å²) in [5.41, 5.74) is 5.08. The Balaban J connectivity index is 0.000000566. The molecule has 13 heteroatoms. The molecule has 0 bridgehead atoms. The van der Waals surface area contributed by atoms with Gasteiger partial charge < -0.3 is 4.42 Å². The third-order valence-corrected chi connectivity index (χ3v) is 8.61. The minimum Gasteiger partial charge on any atom is -0.437 e. The van der Waals surface area contributed by atoms with E-state index in [0.717, 1.165) is 35.1 Å². The van der Waals surface area contributed by atoms with Gasteiger partial charge in [-0.15, -0.1) is 0 Å². The highest BCUT2D eigenvalue weighted by molar-refractivity contribution is 7.86. The van der Waals surface area contributed by atoms with Crippen LogP contribution in [-0.2, 0) is 20.2 Å². The van der Waals surface area contributed by atoms with Gasteiger partial charge in [-0.05, 0) is 79.1 Å². The number of aryl methyl sites for hydroxylation is 1. The second kappa shape index (κ2) is 12.9. The lowest BCUT2D eigenvalue weighted by Gasteiger charge is -2.31. The second-order valence-corrected chi connectivity index (χ2v) is 14.3. The standard InChI is InChI=1S/C28H27N3O5S.C3H8O3S/c1-18-26(27(32)31(30-18)21-11-13-22(14-12-21)37(33,34)35)20-15-19(16-28(2,3)17-20)7-6-10-25-29-23-8-4-5-9-24(23)36-25;1-2-3-7(4,5)6/h4-15,30H,16-17H2,1-3H3,(H,33,34,35);2-3H2,1H3,(H,4,5,6)/b10-6+,19-7-;. The van der Waals surface area contributed by atoms with Gasteiger partial charge in [-0.3, -0.25) is 19.0 Å². The number of hydrogen-bond donors (Lipinski definition) is 3. The minimum atomic E-state index is -4.31. The predicted octanol–water partition coefficient (Wildman–Crippen LogP) is 5.99. The third kappa shape index (κ3) is 8.32. The number of nitrogens with zero attached hydrogens (tertiary/aromatic N) is 2. The van der Waals surface area contributed by atoms with Crippen molar-refractivity contribution < 1.29 is 30.4 Å². The number of aromatic amines is 1. The fraction of sp³-hybridized carbons (Fsp3) is 0.290. The Kier molecular flexibility index (Phi) is 9.64. The summed E-state index contributed by atoms with van der Waals surface area (Å²) in [5.74, 6) is 0.397. The van der Waals surface area contributed by atoms with E-state index in [9.17, 15) is 26.2 Å². The van der Waals surface area contributed by atoms with E-state index in [4.69, 9.17) is 8.97 Å². The topological polar surface area (TPSA) is 173 Å². The Labute approximate surface area is 256 Å². The van der Waals surface area contributed by atoms with E-state index in [1.807, 2.05) is 49.4 Å². The van der Waals surface area contributed by atoms with Gasteiger partial charge in [0.05, 0.1) is 21.9 Å². The fourth-order valence-corrected chi connectivity index (χ4v) is 6.07. The molecule has 1 aliphatic rings. The molecular formula is C31H35N3O8S2. The Morgan fingerprint density at radius 2 is 1.73 bits per heavy atom. The lowest BCUT2D eigenvalue weighted by molar-refractivity contribution is 0.369. The summed E-state index contributed by atoms with van der Waals surface area (Å²) >= 11 is 0. The van der Waals surface area contributed by atoms with Gasteiger partial charge in [0, 0.05) is 11.8 Å². The number of H-pyrrole nitrogens is 1. The van der Waals surface area contributed by atoms with Gasteiger partial charge in [-0.25, -0.2) is 9.67 Å². The van der Waals surface area contributed by atoms with E-state index in [0.29, 0.717) is 29.3 Å². The number of aromatic nitrogens is 3. The molecule has 3 N–H and O–H groups in total. The van der Waals surface area contributed by atoms with E-state index < -0.39 is 20.2 Å². The zero-order chi connectivity index (χ0) is 32.3.